The van der Waals surface area contributed by atoms with E-state index >= 15 is 0 Å². The second-order valence-electron chi connectivity index (χ2n) is 3.60. The van der Waals surface area contributed by atoms with E-state index in [2.05, 4.69) is 9.82 Å². The molecule has 0 atom stereocenters. The SMILES string of the molecule is Cn1nccc1NS(=O)(=O)c1c(N)cccc1Cl. The molecule has 0 fully saturated rings. The minimum Gasteiger partial charge on any atom is -0.398 e. The van der Waals surface area contributed by atoms with Crippen molar-refractivity contribution in [3.05, 3.63) is 35.5 Å². The molecule has 1 heterocycles. The van der Waals surface area contributed by atoms with Crippen molar-refractivity contribution in [2.45, 2.75) is 4.90 Å². The summed E-state index contributed by atoms with van der Waals surface area (Å²) in [7, 11) is -2.22. The van der Waals surface area contributed by atoms with Crippen LogP contribution < -0.4 is 10.5 Å². The number of nitrogens with two attached hydrogens (primary N) is 1. The maximum atomic E-state index is 12.2. The molecule has 0 amide bonds. The highest BCUT2D eigenvalue weighted by atomic mass is 35.5. The van der Waals surface area contributed by atoms with Gasteiger partial charge in [-0.3, -0.25) is 9.40 Å². The summed E-state index contributed by atoms with van der Waals surface area (Å²) in [6.45, 7) is 0. The van der Waals surface area contributed by atoms with Gasteiger partial charge in [0.15, 0.2) is 0 Å². The lowest BCUT2D eigenvalue weighted by atomic mass is 10.3. The van der Waals surface area contributed by atoms with Gasteiger partial charge in [0.25, 0.3) is 10.0 Å². The largest absolute Gasteiger partial charge is 0.398 e. The van der Waals surface area contributed by atoms with E-state index in [1.165, 1.54) is 29.1 Å². The zero-order valence-corrected chi connectivity index (χ0v) is 11.0. The standard InChI is InChI=1S/C10H11ClN4O2S/c1-15-9(5-6-13-15)14-18(16,17)10-7(11)3-2-4-8(10)12/h2-6,14H,12H2,1H3. The van der Waals surface area contributed by atoms with Crippen LogP contribution in [0.1, 0.15) is 0 Å². The van der Waals surface area contributed by atoms with E-state index in [1.54, 1.807) is 13.1 Å². The number of benzene rings is 1. The number of hydrogen-bond donors (Lipinski definition) is 2. The van der Waals surface area contributed by atoms with Crippen molar-refractivity contribution in [1.29, 1.82) is 0 Å². The predicted molar refractivity (Wildman–Crippen MR) is 69.9 cm³/mol. The lowest BCUT2D eigenvalue weighted by molar-refractivity contribution is 0.600. The highest BCUT2D eigenvalue weighted by Crippen LogP contribution is 2.28. The first kappa shape index (κ1) is 12.7. The number of nitrogen functional groups attached to an aromatic ring is 1. The highest BCUT2D eigenvalue weighted by molar-refractivity contribution is 7.93. The molecule has 96 valence electrons. The Hall–Kier alpha value is -1.73. The summed E-state index contributed by atoms with van der Waals surface area (Å²) in [5, 5.41) is 3.94. The first-order chi connectivity index (χ1) is 8.42. The van der Waals surface area contributed by atoms with Crippen LogP contribution >= 0.6 is 11.6 Å². The summed E-state index contributed by atoms with van der Waals surface area (Å²) in [5.74, 6) is 0.328. The lowest BCUT2D eigenvalue weighted by Gasteiger charge is -2.11. The zero-order chi connectivity index (χ0) is 13.3. The maximum Gasteiger partial charge on any atom is 0.266 e. The highest BCUT2D eigenvalue weighted by Gasteiger charge is 2.22. The Morgan fingerprint density at radius 3 is 2.67 bits per heavy atom. The number of nitrogens with zero attached hydrogens (tertiary/aromatic N) is 2. The number of nitrogens with one attached hydrogen (secondary N) is 1. The second kappa shape index (κ2) is 4.51. The van der Waals surface area contributed by atoms with E-state index in [4.69, 9.17) is 17.3 Å². The van der Waals surface area contributed by atoms with Crippen molar-refractivity contribution in [2.75, 3.05) is 10.5 Å². The van der Waals surface area contributed by atoms with Crippen LogP contribution in [-0.4, -0.2) is 18.2 Å². The zero-order valence-electron chi connectivity index (χ0n) is 9.46. The summed E-state index contributed by atoms with van der Waals surface area (Å²) in [6.07, 6.45) is 1.48. The molecule has 0 aliphatic heterocycles. The number of aryl methyl sites for hydroxylation is 1. The van der Waals surface area contributed by atoms with Gasteiger partial charge in [-0.1, -0.05) is 17.7 Å². The molecule has 18 heavy (non-hydrogen) atoms. The van der Waals surface area contributed by atoms with Crippen molar-refractivity contribution >= 4 is 33.1 Å². The lowest BCUT2D eigenvalue weighted by Crippen LogP contribution is -2.17. The minimum atomic E-state index is -3.83. The van der Waals surface area contributed by atoms with Crippen LogP contribution in [-0.2, 0) is 17.1 Å². The molecule has 6 nitrogen and oxygen atoms in total. The summed E-state index contributed by atoms with van der Waals surface area (Å²) in [4.78, 5) is -0.132. The molecule has 0 spiro atoms. The van der Waals surface area contributed by atoms with Gasteiger partial charge in [0.2, 0.25) is 0 Å². The van der Waals surface area contributed by atoms with Gasteiger partial charge in [-0.2, -0.15) is 5.10 Å². The number of sulfonamides is 1. The van der Waals surface area contributed by atoms with Gasteiger partial charge < -0.3 is 5.73 Å². The third-order valence-electron chi connectivity index (χ3n) is 2.33. The molecule has 0 bridgehead atoms. The van der Waals surface area contributed by atoms with Crippen LogP contribution in [0, 0.1) is 0 Å². The maximum absolute atomic E-state index is 12.2. The van der Waals surface area contributed by atoms with Crippen molar-refractivity contribution in [3.63, 3.8) is 0 Å². The molecule has 3 N–H and O–H groups in total. The molecule has 0 radical (unpaired) electrons. The monoisotopic (exact) mass is 286 g/mol. The van der Waals surface area contributed by atoms with Crippen molar-refractivity contribution in [2.24, 2.45) is 7.05 Å². The molecule has 0 saturated heterocycles. The number of hydrogen-bond acceptors (Lipinski definition) is 4. The molecule has 0 aliphatic carbocycles. The predicted octanol–water partition coefficient (Wildman–Crippen LogP) is 1.46. The first-order valence-corrected chi connectivity index (χ1v) is 6.83. The smallest absolute Gasteiger partial charge is 0.266 e. The molecule has 2 rings (SSSR count). The average Bonchev–Trinajstić information content (AvgIpc) is 2.63. The van der Waals surface area contributed by atoms with E-state index in [9.17, 15) is 8.42 Å². The number of aromatic nitrogens is 2. The van der Waals surface area contributed by atoms with Crippen molar-refractivity contribution < 1.29 is 8.42 Å². The van der Waals surface area contributed by atoms with Gasteiger partial charge >= 0.3 is 0 Å². The van der Waals surface area contributed by atoms with Gasteiger partial charge in [0.05, 0.1) is 16.9 Å². The fourth-order valence-electron chi connectivity index (χ4n) is 1.47. The molecule has 0 aliphatic rings. The minimum absolute atomic E-state index is 0.0738. The van der Waals surface area contributed by atoms with E-state index in [-0.39, 0.29) is 15.6 Å². The first-order valence-electron chi connectivity index (χ1n) is 4.96. The molecular formula is C10H11ClN4O2S. The average molecular weight is 287 g/mol. The van der Waals surface area contributed by atoms with Crippen molar-refractivity contribution in [3.8, 4) is 0 Å². The van der Waals surface area contributed by atoms with E-state index < -0.39 is 10.0 Å². The third kappa shape index (κ3) is 2.27. The van der Waals surface area contributed by atoms with Crippen LogP contribution in [0.15, 0.2) is 35.4 Å². The van der Waals surface area contributed by atoms with E-state index in [0.717, 1.165) is 0 Å². The van der Waals surface area contributed by atoms with E-state index in [1.807, 2.05) is 0 Å². The number of rotatable bonds is 3. The molecule has 0 saturated carbocycles. The summed E-state index contributed by atoms with van der Waals surface area (Å²) < 4.78 is 28.1. The fraction of sp³-hybridized carbons (Fsp3) is 0.100. The van der Waals surface area contributed by atoms with E-state index in [0.29, 0.717) is 5.82 Å². The normalized spacial score (nSPS) is 11.4. The third-order valence-corrected chi connectivity index (χ3v) is 4.22. The topological polar surface area (TPSA) is 90.0 Å². The van der Waals surface area contributed by atoms with Gasteiger partial charge in [-0.15, -0.1) is 0 Å². The van der Waals surface area contributed by atoms with Crippen LogP contribution in [0.25, 0.3) is 0 Å². The van der Waals surface area contributed by atoms with Crippen LogP contribution in [0.2, 0.25) is 5.02 Å². The van der Waals surface area contributed by atoms with Crippen LogP contribution in [0.4, 0.5) is 11.5 Å². The van der Waals surface area contributed by atoms with Crippen LogP contribution in [0.5, 0.6) is 0 Å². The molecule has 1 aromatic heterocycles. The molecule has 2 aromatic rings. The summed E-state index contributed by atoms with van der Waals surface area (Å²) >= 11 is 5.87. The quantitative estimate of drug-likeness (QED) is 0.836. The number of halogens is 1. The Labute approximate surface area is 109 Å². The Balaban J connectivity index is 2.47. The van der Waals surface area contributed by atoms with Gasteiger partial charge in [-0.05, 0) is 12.1 Å². The Morgan fingerprint density at radius 2 is 2.11 bits per heavy atom. The molecule has 0 unspecified atom stereocenters. The van der Waals surface area contributed by atoms with Gasteiger partial charge in [-0.25, -0.2) is 8.42 Å². The van der Waals surface area contributed by atoms with Gasteiger partial charge in [0, 0.05) is 13.1 Å². The fourth-order valence-corrected chi connectivity index (χ4v) is 3.24. The molecular weight excluding hydrogens is 276 g/mol. The Bertz CT molecular complexity index is 661. The summed E-state index contributed by atoms with van der Waals surface area (Å²) in [5.41, 5.74) is 5.74. The van der Waals surface area contributed by atoms with Crippen LogP contribution in [0.3, 0.4) is 0 Å². The van der Waals surface area contributed by atoms with Gasteiger partial charge in [0.1, 0.15) is 10.7 Å². The summed E-state index contributed by atoms with van der Waals surface area (Å²) in [6, 6.07) is 6.06. The van der Waals surface area contributed by atoms with Crippen molar-refractivity contribution in [1.82, 2.24) is 9.78 Å². The number of anilines is 2. The Morgan fingerprint density at radius 1 is 1.39 bits per heavy atom. The molecule has 8 heteroatoms. The Kier molecular flexibility index (Phi) is 3.18. The molecule has 1 aromatic carbocycles. The second-order valence-corrected chi connectivity index (χ2v) is 5.63.